The summed E-state index contributed by atoms with van der Waals surface area (Å²) in [6, 6.07) is 7.99. The third kappa shape index (κ3) is 4.84. The van der Waals surface area contributed by atoms with Gasteiger partial charge in [0, 0.05) is 15.6 Å². The molecule has 0 radical (unpaired) electrons. The second kappa shape index (κ2) is 8.00. The van der Waals surface area contributed by atoms with Crippen LogP contribution < -0.4 is 5.32 Å². The van der Waals surface area contributed by atoms with Gasteiger partial charge in [-0.2, -0.15) is 30.7 Å². The summed E-state index contributed by atoms with van der Waals surface area (Å²) in [7, 11) is 0. The first-order valence-electron chi connectivity index (χ1n) is 7.12. The monoisotopic (exact) mass is 465 g/mol. The normalized spacial score (nSPS) is 12.8. The number of nitrogens with one attached hydrogen (secondary N) is 1. The fraction of sp³-hybridized carbons (Fsp3) is 0.188. The topological polar surface area (TPSA) is 29.1 Å². The average molecular weight is 466 g/mol. The van der Waals surface area contributed by atoms with E-state index in [1.165, 1.54) is 24.3 Å². The highest BCUT2D eigenvalue weighted by Crippen LogP contribution is 2.53. The fourth-order valence-electron chi connectivity index (χ4n) is 1.89. The Bertz CT molecular complexity index is 890. The van der Waals surface area contributed by atoms with Gasteiger partial charge < -0.3 is 5.32 Å². The van der Waals surface area contributed by atoms with E-state index in [0.29, 0.717) is 0 Å². The lowest BCUT2D eigenvalue weighted by Gasteiger charge is -2.27. The number of carbonyl (C=O) groups is 1. The van der Waals surface area contributed by atoms with Crippen molar-refractivity contribution in [2.75, 3.05) is 5.32 Å². The Morgan fingerprint density at radius 3 is 2.14 bits per heavy atom. The molecule has 1 N–H and O–H groups in total. The zero-order valence-corrected chi connectivity index (χ0v) is 15.6. The van der Waals surface area contributed by atoms with E-state index in [1.54, 1.807) is 0 Å². The third-order valence-electron chi connectivity index (χ3n) is 3.24. The molecule has 2 aromatic carbocycles. The van der Waals surface area contributed by atoms with Crippen LogP contribution in [0.25, 0.3) is 0 Å². The second-order valence-corrected chi connectivity index (χ2v) is 7.33. The van der Waals surface area contributed by atoms with E-state index in [2.05, 4.69) is 5.32 Å². The minimum Gasteiger partial charge on any atom is -0.322 e. The third-order valence-corrected chi connectivity index (χ3v) is 4.79. The first-order valence-corrected chi connectivity index (χ1v) is 8.70. The van der Waals surface area contributed by atoms with Crippen LogP contribution in [0, 0.1) is 0 Å². The van der Waals surface area contributed by atoms with E-state index in [0.717, 1.165) is 18.2 Å². The van der Waals surface area contributed by atoms with Gasteiger partial charge in [-0.3, -0.25) is 4.79 Å². The Balaban J connectivity index is 2.21. The SMILES string of the molecule is O=C(Nc1cccc(SC(F)(F)C(F)(F)C(F)(F)F)c1)c1ccc(Cl)cc1Cl. The molecule has 0 unspecified atom stereocenters. The zero-order chi connectivity index (χ0) is 21.3. The van der Waals surface area contributed by atoms with Crippen molar-refractivity contribution in [3.05, 3.63) is 58.1 Å². The maximum absolute atomic E-state index is 13.5. The number of hydrogen-bond donors (Lipinski definition) is 1. The molecule has 0 aliphatic rings. The molecule has 0 atom stereocenters. The highest BCUT2D eigenvalue weighted by atomic mass is 35.5. The number of benzene rings is 2. The van der Waals surface area contributed by atoms with Gasteiger partial charge in [-0.05, 0) is 48.2 Å². The van der Waals surface area contributed by atoms with Crippen molar-refractivity contribution in [3.8, 4) is 0 Å². The lowest BCUT2D eigenvalue weighted by molar-refractivity contribution is -0.330. The number of alkyl halides is 7. The minimum absolute atomic E-state index is 0.00752. The van der Waals surface area contributed by atoms with Crippen molar-refractivity contribution in [1.82, 2.24) is 0 Å². The van der Waals surface area contributed by atoms with Crippen LogP contribution in [0.4, 0.5) is 36.4 Å². The summed E-state index contributed by atoms with van der Waals surface area (Å²) in [6.07, 6.45) is -6.43. The molecular formula is C16H8Cl2F7NOS. The Hall–Kier alpha value is -1.65. The smallest absolute Gasteiger partial charge is 0.322 e. The highest BCUT2D eigenvalue weighted by Gasteiger charge is 2.73. The molecular weight excluding hydrogens is 458 g/mol. The largest absolute Gasteiger partial charge is 0.460 e. The van der Waals surface area contributed by atoms with Gasteiger partial charge >= 0.3 is 17.4 Å². The number of rotatable bonds is 5. The Labute approximate surface area is 168 Å². The predicted octanol–water partition coefficient (Wildman–Crippen LogP) is 7.13. The van der Waals surface area contributed by atoms with Crippen LogP contribution in [0.3, 0.4) is 0 Å². The van der Waals surface area contributed by atoms with Gasteiger partial charge in [0.2, 0.25) is 0 Å². The molecule has 0 heterocycles. The molecule has 2 aromatic rings. The number of hydrogen-bond acceptors (Lipinski definition) is 2. The average Bonchev–Trinajstić information content (AvgIpc) is 2.53. The van der Waals surface area contributed by atoms with E-state index in [4.69, 9.17) is 23.2 Å². The molecule has 0 spiro atoms. The Morgan fingerprint density at radius 1 is 0.929 bits per heavy atom. The lowest BCUT2D eigenvalue weighted by atomic mass is 10.2. The highest BCUT2D eigenvalue weighted by molar-refractivity contribution is 8.00. The molecule has 0 aliphatic carbocycles. The van der Waals surface area contributed by atoms with Gasteiger partial charge in [0.25, 0.3) is 5.91 Å². The lowest BCUT2D eigenvalue weighted by Crippen LogP contribution is -2.49. The van der Waals surface area contributed by atoms with Crippen LogP contribution in [0.5, 0.6) is 0 Å². The van der Waals surface area contributed by atoms with Crippen LogP contribution in [0.2, 0.25) is 10.0 Å². The quantitative estimate of drug-likeness (QED) is 0.375. The second-order valence-electron chi connectivity index (χ2n) is 5.30. The summed E-state index contributed by atoms with van der Waals surface area (Å²) in [5.41, 5.74) is -0.134. The first-order chi connectivity index (χ1) is 12.7. The molecule has 0 saturated heterocycles. The molecule has 0 saturated carbocycles. The van der Waals surface area contributed by atoms with E-state index in [-0.39, 0.29) is 21.3 Å². The van der Waals surface area contributed by atoms with Crippen LogP contribution >= 0.6 is 35.0 Å². The molecule has 0 fully saturated rings. The van der Waals surface area contributed by atoms with Gasteiger partial charge in [-0.15, -0.1) is 0 Å². The van der Waals surface area contributed by atoms with Crippen molar-refractivity contribution in [2.24, 2.45) is 0 Å². The first kappa shape index (κ1) is 22.6. The summed E-state index contributed by atoms with van der Waals surface area (Å²) >= 11 is 10.6. The summed E-state index contributed by atoms with van der Waals surface area (Å²) in [4.78, 5) is 11.6. The molecule has 2 nitrogen and oxygen atoms in total. The van der Waals surface area contributed by atoms with Crippen LogP contribution in [0.1, 0.15) is 10.4 Å². The van der Waals surface area contributed by atoms with Crippen LogP contribution in [-0.4, -0.2) is 23.3 Å². The summed E-state index contributed by atoms with van der Waals surface area (Å²) in [6.45, 7) is 0. The summed E-state index contributed by atoms with van der Waals surface area (Å²) in [5, 5.41) is -2.94. The van der Waals surface area contributed by atoms with Crippen molar-refractivity contribution in [2.45, 2.75) is 22.2 Å². The summed E-state index contributed by atoms with van der Waals surface area (Å²) < 4.78 is 89.7. The molecule has 28 heavy (non-hydrogen) atoms. The molecule has 152 valence electrons. The molecule has 12 heteroatoms. The van der Waals surface area contributed by atoms with Gasteiger partial charge in [-0.1, -0.05) is 29.3 Å². The minimum atomic E-state index is -6.43. The van der Waals surface area contributed by atoms with Gasteiger partial charge in [-0.25, -0.2) is 0 Å². The molecule has 0 aromatic heterocycles. The fourth-order valence-corrected chi connectivity index (χ4v) is 3.25. The van der Waals surface area contributed by atoms with E-state index < -0.39 is 39.9 Å². The van der Waals surface area contributed by atoms with Gasteiger partial charge in [0.15, 0.2) is 0 Å². The van der Waals surface area contributed by atoms with Crippen molar-refractivity contribution in [3.63, 3.8) is 0 Å². The Morgan fingerprint density at radius 2 is 1.57 bits per heavy atom. The zero-order valence-electron chi connectivity index (χ0n) is 13.3. The predicted molar refractivity (Wildman–Crippen MR) is 92.7 cm³/mol. The molecule has 0 aliphatic heterocycles. The van der Waals surface area contributed by atoms with Crippen molar-refractivity contribution >= 4 is 46.6 Å². The summed E-state index contributed by atoms with van der Waals surface area (Å²) in [5.74, 6) is -7.02. The number of amides is 1. The Kier molecular flexibility index (Phi) is 6.47. The molecule has 1 amide bonds. The number of carbonyl (C=O) groups excluding carboxylic acids is 1. The maximum Gasteiger partial charge on any atom is 0.460 e. The molecule has 0 bridgehead atoms. The van der Waals surface area contributed by atoms with Crippen molar-refractivity contribution in [1.29, 1.82) is 0 Å². The number of anilines is 1. The van der Waals surface area contributed by atoms with E-state index in [1.807, 2.05) is 0 Å². The maximum atomic E-state index is 13.5. The van der Waals surface area contributed by atoms with Crippen LogP contribution in [-0.2, 0) is 0 Å². The van der Waals surface area contributed by atoms with E-state index in [9.17, 15) is 35.5 Å². The van der Waals surface area contributed by atoms with Crippen molar-refractivity contribution < 1.29 is 35.5 Å². The van der Waals surface area contributed by atoms with E-state index >= 15 is 0 Å². The van der Waals surface area contributed by atoms with Crippen LogP contribution in [0.15, 0.2) is 47.4 Å². The molecule has 2 rings (SSSR count). The standard InChI is InChI=1S/C16H8Cl2F7NOS/c17-8-4-5-11(12(18)6-8)13(27)26-9-2-1-3-10(7-9)28-16(24,25)14(19,20)15(21,22)23/h1-7H,(H,26,27). The number of thioether (sulfide) groups is 1. The van der Waals surface area contributed by atoms with Gasteiger partial charge in [0.05, 0.1) is 10.6 Å². The van der Waals surface area contributed by atoms with Gasteiger partial charge in [0.1, 0.15) is 0 Å². The number of halogens is 9.